The van der Waals surface area contributed by atoms with Crippen molar-refractivity contribution in [3.8, 4) is 11.5 Å². The highest BCUT2D eigenvalue weighted by Crippen LogP contribution is 2.29. The van der Waals surface area contributed by atoms with Gasteiger partial charge >= 0.3 is 0 Å². The number of carbonyl (C=O) groups excluding carboxylic acids is 1. The Bertz CT molecular complexity index is 656. The van der Waals surface area contributed by atoms with Gasteiger partial charge in [-0.15, -0.1) is 0 Å². The van der Waals surface area contributed by atoms with Crippen LogP contribution in [0.2, 0.25) is 0 Å². The van der Waals surface area contributed by atoms with Crippen molar-refractivity contribution in [2.24, 2.45) is 0 Å². The molecule has 0 atom stereocenters. The molecular weight excluding hydrogens is 261 g/mol. The van der Waals surface area contributed by atoms with E-state index in [2.05, 4.69) is 0 Å². The van der Waals surface area contributed by atoms with Crippen LogP contribution in [0.1, 0.15) is 15.9 Å². The summed E-state index contributed by atoms with van der Waals surface area (Å²) in [5, 5.41) is 0. The molecule has 4 nitrogen and oxygen atoms in total. The number of hydrogen-bond acceptors (Lipinski definition) is 4. The summed E-state index contributed by atoms with van der Waals surface area (Å²) in [4.78, 5) is 12.4. The van der Waals surface area contributed by atoms with Crippen LogP contribution in [-0.2, 0) is 0 Å². The Balaban J connectivity index is 2.46. The first-order chi connectivity index (χ1) is 9.58. The second-order valence-corrected chi connectivity index (χ2v) is 4.11. The van der Waals surface area contributed by atoms with E-state index in [4.69, 9.17) is 15.2 Å². The molecule has 2 N–H and O–H groups in total. The number of anilines is 1. The van der Waals surface area contributed by atoms with Crippen molar-refractivity contribution < 1.29 is 18.7 Å². The Kier molecular flexibility index (Phi) is 3.89. The number of carbonyl (C=O) groups is 1. The fourth-order valence-electron chi connectivity index (χ4n) is 1.92. The summed E-state index contributed by atoms with van der Waals surface area (Å²) in [6.45, 7) is 0. The van der Waals surface area contributed by atoms with Gasteiger partial charge in [0.15, 0.2) is 23.1 Å². The second kappa shape index (κ2) is 5.61. The molecule has 104 valence electrons. The predicted octanol–water partition coefficient (Wildman–Crippen LogP) is 2.66. The van der Waals surface area contributed by atoms with Crippen LogP contribution in [0.4, 0.5) is 10.1 Å². The minimum atomic E-state index is -0.596. The van der Waals surface area contributed by atoms with Crippen molar-refractivity contribution in [1.29, 1.82) is 0 Å². The summed E-state index contributed by atoms with van der Waals surface area (Å²) >= 11 is 0. The zero-order valence-corrected chi connectivity index (χ0v) is 11.1. The molecule has 2 rings (SSSR count). The van der Waals surface area contributed by atoms with Gasteiger partial charge in [0.1, 0.15) is 0 Å². The summed E-state index contributed by atoms with van der Waals surface area (Å²) in [7, 11) is 2.79. The van der Waals surface area contributed by atoms with Gasteiger partial charge < -0.3 is 15.2 Å². The molecule has 0 saturated carbocycles. The van der Waals surface area contributed by atoms with Gasteiger partial charge in [-0.1, -0.05) is 6.07 Å². The lowest BCUT2D eigenvalue weighted by Gasteiger charge is -2.10. The smallest absolute Gasteiger partial charge is 0.196 e. The third kappa shape index (κ3) is 2.42. The fraction of sp³-hybridized carbons (Fsp3) is 0.133. The molecule has 0 fully saturated rings. The molecule has 0 bridgehead atoms. The van der Waals surface area contributed by atoms with E-state index in [0.717, 1.165) is 6.07 Å². The number of nitrogen functional groups attached to an aromatic ring is 1. The molecule has 0 aromatic heterocycles. The number of ether oxygens (including phenoxy) is 2. The maximum Gasteiger partial charge on any atom is 0.196 e. The molecule has 0 saturated heterocycles. The average molecular weight is 275 g/mol. The van der Waals surface area contributed by atoms with Crippen molar-refractivity contribution in [1.82, 2.24) is 0 Å². The number of rotatable bonds is 4. The molecule has 0 amide bonds. The van der Waals surface area contributed by atoms with E-state index in [9.17, 15) is 9.18 Å². The highest BCUT2D eigenvalue weighted by Gasteiger charge is 2.17. The molecule has 2 aromatic rings. The molecule has 0 spiro atoms. The van der Waals surface area contributed by atoms with Crippen LogP contribution in [0.3, 0.4) is 0 Å². The van der Waals surface area contributed by atoms with Crippen LogP contribution in [0.25, 0.3) is 0 Å². The Morgan fingerprint density at radius 1 is 1.15 bits per heavy atom. The first-order valence-electron chi connectivity index (χ1n) is 5.89. The zero-order valence-electron chi connectivity index (χ0n) is 11.1. The normalized spacial score (nSPS) is 10.2. The van der Waals surface area contributed by atoms with E-state index in [1.54, 1.807) is 18.2 Å². The van der Waals surface area contributed by atoms with Crippen LogP contribution in [-0.4, -0.2) is 20.0 Å². The third-order valence-electron chi connectivity index (χ3n) is 2.91. The molecule has 20 heavy (non-hydrogen) atoms. The molecule has 5 heteroatoms. The fourth-order valence-corrected chi connectivity index (χ4v) is 1.92. The molecule has 0 radical (unpaired) electrons. The number of ketones is 1. The second-order valence-electron chi connectivity index (χ2n) is 4.11. The molecule has 0 unspecified atom stereocenters. The van der Waals surface area contributed by atoms with E-state index in [1.807, 2.05) is 0 Å². The van der Waals surface area contributed by atoms with Crippen molar-refractivity contribution >= 4 is 11.5 Å². The lowest BCUT2D eigenvalue weighted by molar-refractivity contribution is 0.103. The van der Waals surface area contributed by atoms with Crippen LogP contribution >= 0.6 is 0 Å². The van der Waals surface area contributed by atoms with Gasteiger partial charge in [-0.2, -0.15) is 0 Å². The topological polar surface area (TPSA) is 61.5 Å². The number of nitrogens with two attached hydrogens (primary N) is 1. The number of hydrogen-bond donors (Lipinski definition) is 1. The number of halogens is 1. The molecule has 0 aliphatic carbocycles. The summed E-state index contributed by atoms with van der Waals surface area (Å²) < 4.78 is 23.6. The summed E-state index contributed by atoms with van der Waals surface area (Å²) in [5.41, 5.74) is 6.60. The monoisotopic (exact) mass is 275 g/mol. The van der Waals surface area contributed by atoms with E-state index < -0.39 is 5.82 Å². The van der Waals surface area contributed by atoms with Crippen molar-refractivity contribution in [2.45, 2.75) is 0 Å². The van der Waals surface area contributed by atoms with Gasteiger partial charge in [0.05, 0.1) is 25.5 Å². The Hall–Kier alpha value is -2.56. The first-order valence-corrected chi connectivity index (χ1v) is 5.89. The maximum absolute atomic E-state index is 13.7. The standard InChI is InChI=1S/C15H14FNO3/c1-19-13-7-6-9(8-11(13)16)14(18)10-4-3-5-12(17)15(10)20-2/h3-8H,17H2,1-2H3. The number of methoxy groups -OCH3 is 2. The summed E-state index contributed by atoms with van der Waals surface area (Å²) in [6.07, 6.45) is 0. The SMILES string of the molecule is COc1ccc(C(=O)c2cccc(N)c2OC)cc1F. The van der Waals surface area contributed by atoms with E-state index in [0.29, 0.717) is 5.69 Å². The van der Waals surface area contributed by atoms with E-state index >= 15 is 0 Å². The highest BCUT2D eigenvalue weighted by molar-refractivity contribution is 6.11. The summed E-state index contributed by atoms with van der Waals surface area (Å²) in [6, 6.07) is 8.88. The van der Waals surface area contributed by atoms with Crippen molar-refractivity contribution in [3.05, 3.63) is 53.3 Å². The van der Waals surface area contributed by atoms with Gasteiger partial charge in [0, 0.05) is 5.56 Å². The van der Waals surface area contributed by atoms with Gasteiger partial charge in [-0.3, -0.25) is 4.79 Å². The molecule has 0 heterocycles. The van der Waals surface area contributed by atoms with Crippen LogP contribution in [0.15, 0.2) is 36.4 Å². The Labute approximate surface area is 115 Å². The molecule has 2 aromatic carbocycles. The van der Waals surface area contributed by atoms with Crippen molar-refractivity contribution in [3.63, 3.8) is 0 Å². The van der Waals surface area contributed by atoms with Crippen molar-refractivity contribution in [2.75, 3.05) is 20.0 Å². The molecule has 0 aliphatic heterocycles. The average Bonchev–Trinajstić information content (AvgIpc) is 2.46. The van der Waals surface area contributed by atoms with Gasteiger partial charge in [0.2, 0.25) is 0 Å². The predicted molar refractivity (Wildman–Crippen MR) is 73.8 cm³/mol. The minimum Gasteiger partial charge on any atom is -0.494 e. The lowest BCUT2D eigenvalue weighted by atomic mass is 10.0. The number of para-hydroxylation sites is 1. The number of benzene rings is 2. The van der Waals surface area contributed by atoms with E-state index in [1.165, 1.54) is 26.4 Å². The van der Waals surface area contributed by atoms with Crippen LogP contribution in [0, 0.1) is 5.82 Å². The van der Waals surface area contributed by atoms with Crippen LogP contribution < -0.4 is 15.2 Å². The van der Waals surface area contributed by atoms with Crippen LogP contribution in [0.5, 0.6) is 11.5 Å². The summed E-state index contributed by atoms with van der Waals surface area (Å²) in [5.74, 6) is -0.591. The highest BCUT2D eigenvalue weighted by atomic mass is 19.1. The Morgan fingerprint density at radius 2 is 1.90 bits per heavy atom. The third-order valence-corrected chi connectivity index (χ3v) is 2.91. The first kappa shape index (κ1) is 13.9. The van der Waals surface area contributed by atoms with Gasteiger partial charge in [-0.05, 0) is 30.3 Å². The van der Waals surface area contributed by atoms with E-state index in [-0.39, 0.29) is 28.4 Å². The molecule has 0 aliphatic rings. The largest absolute Gasteiger partial charge is 0.494 e. The minimum absolute atomic E-state index is 0.0843. The lowest BCUT2D eigenvalue weighted by Crippen LogP contribution is -2.06. The zero-order chi connectivity index (χ0) is 14.7. The van der Waals surface area contributed by atoms with Gasteiger partial charge in [0.25, 0.3) is 0 Å². The molecular formula is C15H14FNO3. The maximum atomic E-state index is 13.7. The quantitative estimate of drug-likeness (QED) is 0.688. The Morgan fingerprint density at radius 3 is 2.50 bits per heavy atom. The van der Waals surface area contributed by atoms with Gasteiger partial charge in [-0.25, -0.2) is 4.39 Å².